The first-order valence-corrected chi connectivity index (χ1v) is 10.9. The summed E-state index contributed by atoms with van der Waals surface area (Å²) in [6, 6.07) is 9.66. The van der Waals surface area contributed by atoms with Gasteiger partial charge in [-0.3, -0.25) is 4.79 Å². The molecule has 0 fully saturated rings. The first-order chi connectivity index (χ1) is 14.2. The average Bonchev–Trinajstić information content (AvgIpc) is 2.69. The molecule has 0 saturated carbocycles. The molecule has 0 radical (unpaired) electrons. The number of benzene rings is 2. The average molecular weight is 437 g/mol. The molecule has 2 aromatic carbocycles. The molecule has 164 valence electrons. The summed E-state index contributed by atoms with van der Waals surface area (Å²) in [4.78, 5) is 12.4. The van der Waals surface area contributed by atoms with Gasteiger partial charge in [0.2, 0.25) is 10.0 Å². The number of carbonyl (C=O) groups is 1. The molecular weight excluding hydrogens is 408 g/mol. The molecule has 1 amide bonds. The van der Waals surface area contributed by atoms with Crippen LogP contribution in [-0.2, 0) is 21.4 Å². The number of rotatable bonds is 10. The van der Waals surface area contributed by atoms with E-state index in [-0.39, 0.29) is 30.0 Å². The predicted octanol–water partition coefficient (Wildman–Crippen LogP) is 2.39. The normalized spacial score (nSPS) is 11.3. The van der Waals surface area contributed by atoms with Gasteiger partial charge in [0, 0.05) is 6.04 Å². The fraction of sp³-hybridized carbons (Fsp3) is 0.381. The van der Waals surface area contributed by atoms with Gasteiger partial charge in [-0.2, -0.15) is 0 Å². The second-order valence-electron chi connectivity index (χ2n) is 6.91. The number of nitrogens with one attached hydrogen (secondary N) is 2. The van der Waals surface area contributed by atoms with Gasteiger partial charge in [0.1, 0.15) is 17.2 Å². The Kier molecular flexibility index (Phi) is 8.08. The molecular formula is C21H28N2O6S. The van der Waals surface area contributed by atoms with Crippen LogP contribution in [0.15, 0.2) is 41.3 Å². The van der Waals surface area contributed by atoms with E-state index < -0.39 is 10.0 Å². The van der Waals surface area contributed by atoms with Crippen molar-refractivity contribution in [2.75, 3.05) is 20.8 Å². The molecule has 2 N–H and O–H groups in total. The third-order valence-electron chi connectivity index (χ3n) is 4.20. The predicted molar refractivity (Wildman–Crippen MR) is 114 cm³/mol. The lowest BCUT2D eigenvalue weighted by Gasteiger charge is -2.15. The fourth-order valence-corrected chi connectivity index (χ4v) is 4.15. The maximum atomic E-state index is 12.3. The van der Waals surface area contributed by atoms with Crippen LogP contribution in [-0.4, -0.2) is 41.2 Å². The second kappa shape index (κ2) is 10.3. The summed E-state index contributed by atoms with van der Waals surface area (Å²) in [6.07, 6.45) is 0. The molecule has 0 bridgehead atoms. The van der Waals surface area contributed by atoms with Crippen LogP contribution in [0.3, 0.4) is 0 Å². The first kappa shape index (κ1) is 23.5. The highest BCUT2D eigenvalue weighted by Gasteiger charge is 2.17. The van der Waals surface area contributed by atoms with Crippen molar-refractivity contribution < 1.29 is 27.4 Å². The number of methoxy groups -OCH3 is 2. The topological polar surface area (TPSA) is 103 Å². The van der Waals surface area contributed by atoms with Gasteiger partial charge in [-0.15, -0.1) is 0 Å². The molecule has 8 nitrogen and oxygen atoms in total. The maximum absolute atomic E-state index is 12.3. The van der Waals surface area contributed by atoms with Gasteiger partial charge >= 0.3 is 0 Å². The Morgan fingerprint density at radius 3 is 2.20 bits per heavy atom. The Balaban J connectivity index is 1.99. The van der Waals surface area contributed by atoms with E-state index in [9.17, 15) is 13.2 Å². The van der Waals surface area contributed by atoms with Gasteiger partial charge < -0.3 is 19.5 Å². The van der Waals surface area contributed by atoms with Gasteiger partial charge in [0.25, 0.3) is 5.91 Å². The molecule has 9 heteroatoms. The van der Waals surface area contributed by atoms with E-state index >= 15 is 0 Å². The van der Waals surface area contributed by atoms with Crippen LogP contribution >= 0.6 is 0 Å². The van der Waals surface area contributed by atoms with Crippen molar-refractivity contribution >= 4 is 15.9 Å². The Hall–Kier alpha value is -2.78. The Bertz CT molecular complexity index is 967. The molecule has 0 aromatic heterocycles. The van der Waals surface area contributed by atoms with Crippen LogP contribution in [0.25, 0.3) is 0 Å². The summed E-state index contributed by atoms with van der Waals surface area (Å²) in [5.41, 5.74) is 1.33. The summed E-state index contributed by atoms with van der Waals surface area (Å²) < 4.78 is 43.2. The maximum Gasteiger partial charge on any atom is 0.258 e. The van der Waals surface area contributed by atoms with Crippen molar-refractivity contribution in [1.29, 1.82) is 0 Å². The van der Waals surface area contributed by atoms with Crippen LogP contribution in [0.5, 0.6) is 17.2 Å². The van der Waals surface area contributed by atoms with Gasteiger partial charge in [-0.25, -0.2) is 13.1 Å². The number of amides is 1. The van der Waals surface area contributed by atoms with Crippen LogP contribution in [0.2, 0.25) is 0 Å². The Labute approximate surface area is 177 Å². The SMILES string of the molecule is COc1cccc(OC)c1CNC(=O)COc1ccc(S(=O)(=O)NC(C)C)cc1C. The summed E-state index contributed by atoms with van der Waals surface area (Å²) >= 11 is 0. The zero-order chi connectivity index (χ0) is 22.3. The van der Waals surface area contributed by atoms with Crippen molar-refractivity contribution in [2.45, 2.75) is 38.3 Å². The summed E-state index contributed by atoms with van der Waals surface area (Å²) in [7, 11) is -0.495. The zero-order valence-corrected chi connectivity index (χ0v) is 18.6. The van der Waals surface area contributed by atoms with Crippen molar-refractivity contribution in [2.24, 2.45) is 0 Å². The van der Waals surface area contributed by atoms with Gasteiger partial charge in [0.05, 0.1) is 31.2 Å². The second-order valence-corrected chi connectivity index (χ2v) is 8.62. The summed E-state index contributed by atoms with van der Waals surface area (Å²) in [6.45, 7) is 5.23. The lowest BCUT2D eigenvalue weighted by atomic mass is 10.1. The fourth-order valence-electron chi connectivity index (χ4n) is 2.81. The molecule has 0 aliphatic heterocycles. The van der Waals surface area contributed by atoms with Crippen molar-refractivity contribution in [3.63, 3.8) is 0 Å². The van der Waals surface area contributed by atoms with Gasteiger partial charge in [-0.1, -0.05) is 6.07 Å². The highest BCUT2D eigenvalue weighted by atomic mass is 32.2. The minimum Gasteiger partial charge on any atom is -0.496 e. The van der Waals surface area contributed by atoms with E-state index in [4.69, 9.17) is 14.2 Å². The third-order valence-corrected chi connectivity index (χ3v) is 5.85. The summed E-state index contributed by atoms with van der Waals surface area (Å²) in [5, 5.41) is 2.77. The van der Waals surface area contributed by atoms with Gasteiger partial charge in [0.15, 0.2) is 6.61 Å². The molecule has 0 aliphatic rings. The molecule has 30 heavy (non-hydrogen) atoms. The van der Waals surface area contributed by atoms with Crippen molar-refractivity contribution in [3.8, 4) is 17.2 Å². The molecule has 0 saturated heterocycles. The van der Waals surface area contributed by atoms with Crippen LogP contribution < -0.4 is 24.2 Å². The van der Waals surface area contributed by atoms with Gasteiger partial charge in [-0.05, 0) is 56.7 Å². The number of ether oxygens (including phenoxy) is 3. The minimum absolute atomic E-state index is 0.147. The van der Waals surface area contributed by atoms with Crippen LogP contribution in [0, 0.1) is 6.92 Å². The Morgan fingerprint density at radius 1 is 1.03 bits per heavy atom. The Morgan fingerprint density at radius 2 is 1.67 bits per heavy atom. The number of hydrogen-bond donors (Lipinski definition) is 2. The van der Waals surface area contributed by atoms with E-state index in [0.29, 0.717) is 22.8 Å². The molecule has 0 heterocycles. The minimum atomic E-state index is -3.59. The van der Waals surface area contributed by atoms with E-state index in [1.807, 2.05) is 0 Å². The molecule has 2 rings (SSSR count). The van der Waals surface area contributed by atoms with E-state index in [0.717, 1.165) is 5.56 Å². The lowest BCUT2D eigenvalue weighted by Crippen LogP contribution is -2.30. The molecule has 2 aromatic rings. The largest absolute Gasteiger partial charge is 0.496 e. The van der Waals surface area contributed by atoms with Crippen LogP contribution in [0.4, 0.5) is 0 Å². The zero-order valence-electron chi connectivity index (χ0n) is 17.8. The smallest absolute Gasteiger partial charge is 0.258 e. The monoisotopic (exact) mass is 436 g/mol. The number of sulfonamides is 1. The van der Waals surface area contributed by atoms with E-state index in [1.54, 1.807) is 59.3 Å². The van der Waals surface area contributed by atoms with E-state index in [1.165, 1.54) is 12.1 Å². The van der Waals surface area contributed by atoms with Crippen molar-refractivity contribution in [1.82, 2.24) is 10.0 Å². The van der Waals surface area contributed by atoms with E-state index in [2.05, 4.69) is 10.0 Å². The van der Waals surface area contributed by atoms with Crippen LogP contribution in [0.1, 0.15) is 25.0 Å². The lowest BCUT2D eigenvalue weighted by molar-refractivity contribution is -0.123. The number of aryl methyl sites for hydroxylation is 1. The standard InChI is InChI=1S/C21H28N2O6S/c1-14(2)23-30(25,26)16-9-10-18(15(3)11-16)29-13-21(24)22-12-17-19(27-4)7-6-8-20(17)28-5/h6-11,14,23H,12-13H2,1-5H3,(H,22,24). The highest BCUT2D eigenvalue weighted by molar-refractivity contribution is 7.89. The number of carbonyl (C=O) groups excluding carboxylic acids is 1. The third kappa shape index (κ3) is 6.11. The first-order valence-electron chi connectivity index (χ1n) is 9.40. The molecule has 0 spiro atoms. The highest BCUT2D eigenvalue weighted by Crippen LogP contribution is 2.28. The number of hydrogen-bond acceptors (Lipinski definition) is 6. The quantitative estimate of drug-likeness (QED) is 0.593. The molecule has 0 unspecified atom stereocenters. The molecule has 0 aliphatic carbocycles. The molecule has 0 atom stereocenters. The summed E-state index contributed by atoms with van der Waals surface area (Å²) in [5.74, 6) is 1.32. The van der Waals surface area contributed by atoms with Crippen molar-refractivity contribution in [3.05, 3.63) is 47.5 Å².